The number of carboxylic acids is 1. The summed E-state index contributed by atoms with van der Waals surface area (Å²) >= 11 is 0. The van der Waals surface area contributed by atoms with Crippen LogP contribution in [0.2, 0.25) is 0 Å². The van der Waals surface area contributed by atoms with Crippen LogP contribution in [0.4, 0.5) is 4.79 Å². The van der Waals surface area contributed by atoms with Crippen molar-refractivity contribution in [1.82, 2.24) is 15.4 Å². The molecule has 0 saturated heterocycles. The van der Waals surface area contributed by atoms with E-state index in [1.165, 1.54) is 0 Å². The quantitative estimate of drug-likeness (QED) is 0.338. The maximum atomic E-state index is 11.2. The van der Waals surface area contributed by atoms with Crippen molar-refractivity contribution in [1.29, 1.82) is 0 Å². The van der Waals surface area contributed by atoms with E-state index < -0.39 is 34.7 Å². The Balaban J connectivity index is 4.01. The molecular formula is C8H17N3O6S. The fraction of sp³-hybridized carbons (Fsp3) is 0.750. The number of carboxylic acid groups (broad SMARTS) is 1. The summed E-state index contributed by atoms with van der Waals surface area (Å²) in [6.07, 6.45) is 0. The number of carbonyl (C=O) groups excluding carboxylic acids is 1. The van der Waals surface area contributed by atoms with Crippen LogP contribution in [0.15, 0.2) is 0 Å². The SMILES string of the molecule is CCNS(=O)(=O)CCNC(=O)N[C@H](CO)C(=O)O. The monoisotopic (exact) mass is 283 g/mol. The first kappa shape index (κ1) is 16.6. The number of sulfonamides is 1. The molecule has 0 saturated carbocycles. The summed E-state index contributed by atoms with van der Waals surface area (Å²) in [5.74, 6) is -1.70. The molecule has 0 aromatic heterocycles. The standard InChI is InChI=1S/C8H17N3O6S/c1-2-10-18(16,17)4-3-9-8(15)11-6(5-12)7(13)14/h6,10,12H,2-5H2,1H3,(H,13,14)(H2,9,11,15)/t6-/m1/s1. The summed E-state index contributed by atoms with van der Waals surface area (Å²) in [5, 5.41) is 21.3. The highest BCUT2D eigenvalue weighted by molar-refractivity contribution is 7.89. The Kier molecular flexibility index (Phi) is 7.24. The number of aliphatic hydroxyl groups is 1. The van der Waals surface area contributed by atoms with Gasteiger partial charge in [-0.05, 0) is 0 Å². The van der Waals surface area contributed by atoms with Crippen molar-refractivity contribution in [2.75, 3.05) is 25.4 Å². The van der Waals surface area contributed by atoms with Gasteiger partial charge in [-0.25, -0.2) is 22.7 Å². The molecule has 106 valence electrons. The molecule has 0 radical (unpaired) electrons. The number of hydrogen-bond donors (Lipinski definition) is 5. The van der Waals surface area contributed by atoms with Crippen molar-refractivity contribution in [2.45, 2.75) is 13.0 Å². The predicted octanol–water partition coefficient (Wildman–Crippen LogP) is -2.33. The van der Waals surface area contributed by atoms with Crippen LogP contribution in [0.3, 0.4) is 0 Å². The minimum atomic E-state index is -3.44. The fourth-order valence-electron chi connectivity index (χ4n) is 0.986. The molecule has 1 atom stereocenters. The lowest BCUT2D eigenvalue weighted by molar-refractivity contribution is -0.140. The van der Waals surface area contributed by atoms with E-state index in [1.807, 2.05) is 5.32 Å². The first-order chi connectivity index (χ1) is 8.32. The van der Waals surface area contributed by atoms with Crippen LogP contribution in [-0.2, 0) is 14.8 Å². The highest BCUT2D eigenvalue weighted by Gasteiger charge is 2.18. The average molecular weight is 283 g/mol. The predicted molar refractivity (Wildman–Crippen MR) is 62.5 cm³/mol. The average Bonchev–Trinajstić information content (AvgIpc) is 2.24. The molecule has 0 spiro atoms. The number of carbonyl (C=O) groups is 2. The van der Waals surface area contributed by atoms with Gasteiger partial charge < -0.3 is 20.8 Å². The molecule has 0 fully saturated rings. The van der Waals surface area contributed by atoms with Gasteiger partial charge in [0.05, 0.1) is 12.4 Å². The van der Waals surface area contributed by atoms with E-state index in [2.05, 4.69) is 10.0 Å². The van der Waals surface area contributed by atoms with E-state index >= 15 is 0 Å². The van der Waals surface area contributed by atoms with Gasteiger partial charge in [0, 0.05) is 13.1 Å². The van der Waals surface area contributed by atoms with E-state index in [1.54, 1.807) is 6.92 Å². The van der Waals surface area contributed by atoms with Crippen LogP contribution in [0.1, 0.15) is 6.92 Å². The molecule has 9 nitrogen and oxygen atoms in total. The Morgan fingerprint density at radius 2 is 1.94 bits per heavy atom. The number of urea groups is 1. The molecule has 0 aliphatic heterocycles. The zero-order valence-electron chi connectivity index (χ0n) is 9.84. The number of aliphatic hydroxyl groups excluding tert-OH is 1. The van der Waals surface area contributed by atoms with E-state index in [0.717, 1.165) is 0 Å². The van der Waals surface area contributed by atoms with Gasteiger partial charge in [-0.15, -0.1) is 0 Å². The van der Waals surface area contributed by atoms with Gasteiger partial charge in [0.2, 0.25) is 10.0 Å². The lowest BCUT2D eigenvalue weighted by atomic mass is 10.3. The minimum absolute atomic E-state index is 0.168. The largest absolute Gasteiger partial charge is 0.480 e. The van der Waals surface area contributed by atoms with Crippen molar-refractivity contribution in [3.63, 3.8) is 0 Å². The number of nitrogens with one attached hydrogen (secondary N) is 3. The summed E-state index contributed by atoms with van der Waals surface area (Å²) < 4.78 is 24.6. The number of hydrogen-bond acceptors (Lipinski definition) is 5. The van der Waals surface area contributed by atoms with Gasteiger partial charge in [-0.2, -0.15) is 0 Å². The Morgan fingerprint density at radius 1 is 1.33 bits per heavy atom. The van der Waals surface area contributed by atoms with Crippen LogP contribution in [0.25, 0.3) is 0 Å². The van der Waals surface area contributed by atoms with Gasteiger partial charge in [-0.1, -0.05) is 6.92 Å². The number of amides is 2. The zero-order chi connectivity index (χ0) is 14.2. The van der Waals surface area contributed by atoms with Crippen molar-refractivity contribution in [3.05, 3.63) is 0 Å². The molecule has 2 amide bonds. The molecule has 5 N–H and O–H groups in total. The van der Waals surface area contributed by atoms with E-state index in [-0.39, 0.29) is 18.8 Å². The zero-order valence-corrected chi connectivity index (χ0v) is 10.7. The molecule has 18 heavy (non-hydrogen) atoms. The first-order valence-corrected chi connectivity index (χ1v) is 6.83. The van der Waals surface area contributed by atoms with Crippen molar-refractivity contribution in [3.8, 4) is 0 Å². The normalized spacial score (nSPS) is 12.8. The Morgan fingerprint density at radius 3 is 2.39 bits per heavy atom. The molecule has 0 aliphatic carbocycles. The molecule has 0 aliphatic rings. The highest BCUT2D eigenvalue weighted by Crippen LogP contribution is 1.84. The summed E-state index contributed by atoms with van der Waals surface area (Å²) in [6.45, 7) is 0.952. The second kappa shape index (κ2) is 7.84. The molecule has 0 aromatic rings. The maximum Gasteiger partial charge on any atom is 0.328 e. The second-order valence-corrected chi connectivity index (χ2v) is 5.22. The van der Waals surface area contributed by atoms with E-state index in [9.17, 15) is 18.0 Å². The Hall–Kier alpha value is -1.39. The molecule has 0 heterocycles. The lowest BCUT2D eigenvalue weighted by Gasteiger charge is -2.12. The molecule has 0 bridgehead atoms. The molecule has 0 unspecified atom stereocenters. The van der Waals surface area contributed by atoms with Crippen LogP contribution in [0.5, 0.6) is 0 Å². The van der Waals surface area contributed by atoms with Gasteiger partial charge >= 0.3 is 12.0 Å². The van der Waals surface area contributed by atoms with Gasteiger partial charge in [0.25, 0.3) is 0 Å². The van der Waals surface area contributed by atoms with E-state index in [0.29, 0.717) is 0 Å². The molecule has 0 aromatic carbocycles. The van der Waals surface area contributed by atoms with Crippen LogP contribution >= 0.6 is 0 Å². The topological polar surface area (TPSA) is 145 Å². The number of aliphatic carboxylic acids is 1. The highest BCUT2D eigenvalue weighted by atomic mass is 32.2. The van der Waals surface area contributed by atoms with E-state index in [4.69, 9.17) is 10.2 Å². The molecule has 10 heteroatoms. The fourth-order valence-corrected chi connectivity index (χ4v) is 1.94. The smallest absolute Gasteiger partial charge is 0.328 e. The summed E-state index contributed by atoms with van der Waals surface area (Å²) in [7, 11) is -3.44. The summed E-state index contributed by atoms with van der Waals surface area (Å²) in [4.78, 5) is 21.6. The maximum absolute atomic E-state index is 11.2. The molecular weight excluding hydrogens is 266 g/mol. The second-order valence-electron chi connectivity index (χ2n) is 3.29. The summed E-state index contributed by atoms with van der Waals surface area (Å²) in [5.41, 5.74) is 0. The Labute approximate surface area is 105 Å². The number of rotatable bonds is 8. The van der Waals surface area contributed by atoms with Crippen LogP contribution < -0.4 is 15.4 Å². The third kappa shape index (κ3) is 7.04. The summed E-state index contributed by atoms with van der Waals surface area (Å²) in [6, 6.07) is -2.28. The third-order valence-corrected chi connectivity index (χ3v) is 3.28. The van der Waals surface area contributed by atoms with Gasteiger partial charge in [0.15, 0.2) is 6.04 Å². The first-order valence-electron chi connectivity index (χ1n) is 5.17. The van der Waals surface area contributed by atoms with Crippen LogP contribution in [-0.4, -0.2) is 62.1 Å². The van der Waals surface area contributed by atoms with Crippen LogP contribution in [0, 0.1) is 0 Å². The van der Waals surface area contributed by atoms with Crippen molar-refractivity contribution in [2.24, 2.45) is 0 Å². The minimum Gasteiger partial charge on any atom is -0.480 e. The van der Waals surface area contributed by atoms with Gasteiger partial charge in [0.1, 0.15) is 0 Å². The third-order valence-electron chi connectivity index (χ3n) is 1.81. The van der Waals surface area contributed by atoms with Crippen molar-refractivity contribution >= 4 is 22.0 Å². The van der Waals surface area contributed by atoms with Crippen molar-refractivity contribution < 1.29 is 28.2 Å². The molecule has 0 rings (SSSR count). The lowest BCUT2D eigenvalue weighted by Crippen LogP contribution is -2.49. The van der Waals surface area contributed by atoms with Gasteiger partial charge in [-0.3, -0.25) is 0 Å². The Bertz CT molecular complexity index is 382.